The molecule has 1 aromatic carbocycles. The summed E-state index contributed by atoms with van der Waals surface area (Å²) in [6.07, 6.45) is 1.20. The van der Waals surface area contributed by atoms with E-state index in [9.17, 15) is 13.2 Å². The highest BCUT2D eigenvalue weighted by Crippen LogP contribution is 2.43. The Bertz CT molecular complexity index is 867. The molecule has 1 aliphatic rings. The number of pyridine rings is 1. The highest BCUT2D eigenvalue weighted by Gasteiger charge is 2.40. The van der Waals surface area contributed by atoms with Crippen molar-refractivity contribution in [3.05, 3.63) is 54.4 Å². The third-order valence-electron chi connectivity index (χ3n) is 4.36. The van der Waals surface area contributed by atoms with Gasteiger partial charge >= 0.3 is 6.18 Å². The SMILES string of the molecule is FC(F)(F)c1c(-c2cccnc2)n(OC2CCC2)c2ccccc12. The lowest BCUT2D eigenvalue weighted by molar-refractivity contribution is -0.136. The third-order valence-corrected chi connectivity index (χ3v) is 4.36. The van der Waals surface area contributed by atoms with Crippen LogP contribution in [0.25, 0.3) is 22.2 Å². The first-order valence-electron chi connectivity index (χ1n) is 7.84. The fraction of sp³-hybridized carbons (Fsp3) is 0.278. The standard InChI is InChI=1S/C18H15F3N2O/c19-18(20,21)16-14-8-1-2-9-15(14)23(24-13-6-3-7-13)17(16)12-5-4-10-22-11-12/h1-2,4-5,8-11,13H,3,6-7H2. The summed E-state index contributed by atoms with van der Waals surface area (Å²) >= 11 is 0. The molecule has 0 bridgehead atoms. The average molecular weight is 332 g/mol. The Labute approximate surface area is 136 Å². The van der Waals surface area contributed by atoms with Gasteiger partial charge in [0.2, 0.25) is 0 Å². The lowest BCUT2D eigenvalue weighted by atomic mass is 9.97. The quantitative estimate of drug-likeness (QED) is 0.695. The third kappa shape index (κ3) is 2.42. The van der Waals surface area contributed by atoms with E-state index in [0.29, 0.717) is 11.1 Å². The number of alkyl halides is 3. The van der Waals surface area contributed by atoms with Crippen LogP contribution in [0.2, 0.25) is 0 Å². The van der Waals surface area contributed by atoms with Crippen molar-refractivity contribution in [3.8, 4) is 11.3 Å². The topological polar surface area (TPSA) is 27.1 Å². The minimum Gasteiger partial charge on any atom is -0.410 e. The van der Waals surface area contributed by atoms with Gasteiger partial charge in [-0.15, -0.1) is 0 Å². The average Bonchev–Trinajstić information content (AvgIpc) is 2.86. The fourth-order valence-electron chi connectivity index (χ4n) is 3.00. The number of benzene rings is 1. The number of halogens is 3. The zero-order chi connectivity index (χ0) is 16.7. The summed E-state index contributed by atoms with van der Waals surface area (Å²) in [5.74, 6) is 0. The van der Waals surface area contributed by atoms with Gasteiger partial charge in [0.25, 0.3) is 0 Å². The van der Waals surface area contributed by atoms with Gasteiger partial charge in [0, 0.05) is 23.3 Å². The molecule has 6 heteroatoms. The van der Waals surface area contributed by atoms with Crippen molar-refractivity contribution in [3.63, 3.8) is 0 Å². The molecule has 0 atom stereocenters. The second kappa shape index (κ2) is 5.54. The number of hydrogen-bond donors (Lipinski definition) is 0. The van der Waals surface area contributed by atoms with E-state index in [0.717, 1.165) is 19.3 Å². The summed E-state index contributed by atoms with van der Waals surface area (Å²) in [6.45, 7) is 0. The van der Waals surface area contributed by atoms with Crippen LogP contribution in [-0.4, -0.2) is 15.8 Å². The van der Waals surface area contributed by atoms with Crippen LogP contribution in [0.15, 0.2) is 48.8 Å². The summed E-state index contributed by atoms with van der Waals surface area (Å²) in [7, 11) is 0. The first-order valence-corrected chi connectivity index (χ1v) is 7.84. The van der Waals surface area contributed by atoms with Gasteiger partial charge in [0.05, 0.1) is 11.1 Å². The summed E-state index contributed by atoms with van der Waals surface area (Å²) in [5.41, 5.74) is 0.157. The van der Waals surface area contributed by atoms with Crippen LogP contribution >= 0.6 is 0 Å². The van der Waals surface area contributed by atoms with E-state index in [4.69, 9.17) is 4.84 Å². The van der Waals surface area contributed by atoms with Crippen molar-refractivity contribution in [2.24, 2.45) is 0 Å². The van der Waals surface area contributed by atoms with Crippen LogP contribution in [0.3, 0.4) is 0 Å². The van der Waals surface area contributed by atoms with Gasteiger partial charge in [-0.2, -0.15) is 17.9 Å². The predicted octanol–water partition coefficient (Wildman–Crippen LogP) is 4.70. The van der Waals surface area contributed by atoms with E-state index in [1.807, 2.05) is 0 Å². The zero-order valence-corrected chi connectivity index (χ0v) is 12.8. The molecule has 0 aliphatic heterocycles. The Balaban J connectivity index is 2.03. The van der Waals surface area contributed by atoms with Gasteiger partial charge in [-0.1, -0.05) is 18.2 Å². The highest BCUT2D eigenvalue weighted by molar-refractivity contribution is 5.92. The molecule has 4 rings (SSSR count). The second-order valence-electron chi connectivity index (χ2n) is 5.93. The Morgan fingerprint density at radius 2 is 1.88 bits per heavy atom. The van der Waals surface area contributed by atoms with Crippen LogP contribution < -0.4 is 4.84 Å². The van der Waals surface area contributed by atoms with Crippen LogP contribution in [0.1, 0.15) is 24.8 Å². The number of para-hydroxylation sites is 1. The molecule has 3 aromatic rings. The molecule has 0 unspecified atom stereocenters. The monoisotopic (exact) mass is 332 g/mol. The largest absolute Gasteiger partial charge is 0.419 e. The minimum absolute atomic E-state index is 0.0173. The van der Waals surface area contributed by atoms with Gasteiger partial charge in [-0.05, 0) is 37.5 Å². The first kappa shape index (κ1) is 15.1. The molecule has 1 fully saturated rings. The molecule has 0 N–H and O–H groups in total. The second-order valence-corrected chi connectivity index (χ2v) is 5.93. The fourth-order valence-corrected chi connectivity index (χ4v) is 3.00. The van der Waals surface area contributed by atoms with Crippen molar-refractivity contribution < 1.29 is 18.0 Å². The molecule has 24 heavy (non-hydrogen) atoms. The summed E-state index contributed by atoms with van der Waals surface area (Å²) in [5, 5.41) is 0.142. The number of aromatic nitrogens is 2. The molecular weight excluding hydrogens is 317 g/mol. The Hall–Kier alpha value is -2.50. The molecule has 0 radical (unpaired) electrons. The van der Waals surface area contributed by atoms with Crippen LogP contribution in [0.5, 0.6) is 0 Å². The van der Waals surface area contributed by atoms with E-state index < -0.39 is 11.7 Å². The van der Waals surface area contributed by atoms with Gasteiger partial charge in [0.1, 0.15) is 11.8 Å². The normalized spacial score (nSPS) is 15.5. The molecule has 2 aromatic heterocycles. The van der Waals surface area contributed by atoms with Gasteiger partial charge in [-0.25, -0.2) is 0 Å². The van der Waals surface area contributed by atoms with Crippen LogP contribution in [0.4, 0.5) is 13.2 Å². The van der Waals surface area contributed by atoms with E-state index in [1.54, 1.807) is 30.3 Å². The van der Waals surface area contributed by atoms with Gasteiger partial charge in [-0.3, -0.25) is 4.98 Å². The molecule has 0 saturated heterocycles. The summed E-state index contributed by atoms with van der Waals surface area (Å²) < 4.78 is 42.8. The Morgan fingerprint density at radius 1 is 1.08 bits per heavy atom. The lowest BCUT2D eigenvalue weighted by Gasteiger charge is -2.27. The summed E-state index contributed by atoms with van der Waals surface area (Å²) in [4.78, 5) is 9.89. The number of nitrogens with zero attached hydrogens (tertiary/aromatic N) is 2. The molecule has 0 spiro atoms. The van der Waals surface area contributed by atoms with Gasteiger partial charge in [0.15, 0.2) is 0 Å². The molecule has 0 amide bonds. The number of fused-ring (bicyclic) bond motifs is 1. The van der Waals surface area contributed by atoms with E-state index in [-0.39, 0.29) is 17.2 Å². The molecular formula is C18H15F3N2O. The molecule has 3 nitrogen and oxygen atoms in total. The van der Waals surface area contributed by atoms with Crippen molar-refractivity contribution >= 4 is 10.9 Å². The van der Waals surface area contributed by atoms with Crippen LogP contribution in [-0.2, 0) is 6.18 Å². The van der Waals surface area contributed by atoms with E-state index in [1.165, 1.54) is 23.2 Å². The van der Waals surface area contributed by atoms with Crippen LogP contribution in [0, 0.1) is 0 Å². The lowest BCUT2D eigenvalue weighted by Crippen LogP contribution is -2.31. The van der Waals surface area contributed by atoms with E-state index >= 15 is 0 Å². The summed E-state index contributed by atoms with van der Waals surface area (Å²) in [6, 6.07) is 9.72. The maximum absolute atomic E-state index is 13.8. The smallest absolute Gasteiger partial charge is 0.410 e. The van der Waals surface area contributed by atoms with E-state index in [2.05, 4.69) is 4.98 Å². The van der Waals surface area contributed by atoms with Crippen molar-refractivity contribution in [2.75, 3.05) is 0 Å². The molecule has 2 heterocycles. The first-order chi connectivity index (χ1) is 11.6. The Kier molecular flexibility index (Phi) is 3.48. The molecule has 124 valence electrons. The number of hydrogen-bond acceptors (Lipinski definition) is 2. The maximum atomic E-state index is 13.8. The minimum atomic E-state index is -4.49. The maximum Gasteiger partial charge on any atom is 0.419 e. The van der Waals surface area contributed by atoms with Crippen molar-refractivity contribution in [1.82, 2.24) is 9.71 Å². The Morgan fingerprint density at radius 3 is 2.50 bits per heavy atom. The zero-order valence-electron chi connectivity index (χ0n) is 12.8. The number of rotatable bonds is 3. The predicted molar refractivity (Wildman–Crippen MR) is 84.4 cm³/mol. The highest BCUT2D eigenvalue weighted by atomic mass is 19.4. The molecule has 1 saturated carbocycles. The van der Waals surface area contributed by atoms with Gasteiger partial charge < -0.3 is 4.84 Å². The van der Waals surface area contributed by atoms with Crippen molar-refractivity contribution in [2.45, 2.75) is 31.5 Å². The molecule has 1 aliphatic carbocycles. The van der Waals surface area contributed by atoms with Crippen molar-refractivity contribution in [1.29, 1.82) is 0 Å².